The molecule has 0 aliphatic carbocycles. The van der Waals surface area contributed by atoms with Crippen LogP contribution in [0.5, 0.6) is 5.75 Å². The molecule has 2 aromatic carbocycles. The third-order valence-corrected chi connectivity index (χ3v) is 5.72. The summed E-state index contributed by atoms with van der Waals surface area (Å²) in [6.45, 7) is 1.37. The van der Waals surface area contributed by atoms with E-state index in [2.05, 4.69) is 13.0 Å². The lowest BCUT2D eigenvalue weighted by molar-refractivity contribution is -0.357. The minimum Gasteiger partial charge on any atom is -0.495 e. The Hall–Kier alpha value is -2.51. The topological polar surface area (TPSA) is 143 Å². The zero-order chi connectivity index (χ0) is 22.8. The Balaban J connectivity index is 2.08. The van der Waals surface area contributed by atoms with Crippen LogP contribution in [0, 0.1) is 11.3 Å². The van der Waals surface area contributed by atoms with Crippen molar-refractivity contribution < 1.29 is 35.0 Å². The first-order chi connectivity index (χ1) is 14.8. The van der Waals surface area contributed by atoms with Crippen molar-refractivity contribution in [2.24, 2.45) is 0 Å². The van der Waals surface area contributed by atoms with Gasteiger partial charge in [0.05, 0.1) is 19.3 Å². The Labute approximate surface area is 180 Å². The largest absolute Gasteiger partial charge is 0.495 e. The molecular weight excluding hydrogens is 402 g/mol. The molecule has 5 N–H and O–H groups in total. The third kappa shape index (κ3) is 4.29. The highest BCUT2D eigenvalue weighted by molar-refractivity contribution is 5.53. The highest BCUT2D eigenvalue weighted by Gasteiger charge is 2.53. The van der Waals surface area contributed by atoms with Crippen molar-refractivity contribution in [1.82, 2.24) is 0 Å². The van der Waals surface area contributed by atoms with Gasteiger partial charge in [-0.25, -0.2) is 0 Å². The summed E-state index contributed by atoms with van der Waals surface area (Å²) in [4.78, 5) is 0. The molecule has 1 saturated heterocycles. The molecule has 1 heterocycles. The van der Waals surface area contributed by atoms with Crippen molar-refractivity contribution in [2.45, 2.75) is 50.0 Å². The molecule has 166 valence electrons. The third-order valence-electron chi connectivity index (χ3n) is 5.72. The minimum atomic E-state index is -2.44. The van der Waals surface area contributed by atoms with Gasteiger partial charge in [0.1, 0.15) is 36.2 Å². The lowest BCUT2D eigenvalue weighted by Gasteiger charge is -2.45. The molecule has 1 aliphatic heterocycles. The summed E-state index contributed by atoms with van der Waals surface area (Å²) in [6.07, 6.45) is -5.33. The predicted molar refractivity (Wildman–Crippen MR) is 110 cm³/mol. The van der Waals surface area contributed by atoms with Crippen molar-refractivity contribution in [3.8, 4) is 11.8 Å². The van der Waals surface area contributed by atoms with Crippen molar-refractivity contribution in [3.05, 3.63) is 64.2 Å². The molecule has 2 aromatic rings. The number of hydrogen-bond donors (Lipinski definition) is 5. The molecule has 31 heavy (non-hydrogen) atoms. The molecule has 0 unspecified atom stereocenters. The molecule has 0 saturated carbocycles. The van der Waals surface area contributed by atoms with Gasteiger partial charge in [-0.15, -0.1) is 0 Å². The van der Waals surface area contributed by atoms with Crippen LogP contribution >= 0.6 is 0 Å². The second-order valence-corrected chi connectivity index (χ2v) is 7.63. The lowest BCUT2D eigenvalue weighted by Crippen LogP contribution is -2.63. The van der Waals surface area contributed by atoms with E-state index in [1.165, 1.54) is 24.8 Å². The smallest absolute Gasteiger partial charge is 0.222 e. The van der Waals surface area contributed by atoms with Gasteiger partial charge < -0.3 is 35.0 Å². The maximum Gasteiger partial charge on any atom is 0.222 e. The summed E-state index contributed by atoms with van der Waals surface area (Å²) in [5.41, 5.74) is 2.91. The molecule has 3 rings (SSSR count). The van der Waals surface area contributed by atoms with Crippen LogP contribution in [-0.4, -0.2) is 63.7 Å². The number of aliphatic hydroxyl groups is 5. The Morgan fingerprint density at radius 3 is 2.29 bits per heavy atom. The van der Waals surface area contributed by atoms with E-state index in [0.29, 0.717) is 12.0 Å². The molecule has 8 heteroatoms. The average Bonchev–Trinajstić information content (AvgIpc) is 2.80. The summed E-state index contributed by atoms with van der Waals surface area (Å²) in [5, 5.41) is 61.0. The summed E-state index contributed by atoms with van der Waals surface area (Å²) < 4.78 is 10.8. The van der Waals surface area contributed by atoms with Gasteiger partial charge in [0, 0.05) is 5.56 Å². The highest BCUT2D eigenvalue weighted by Crippen LogP contribution is 2.39. The SMILES string of the molecule is CCc1ccc(Cc2cc([C@]3(O)O[C@H](CO)[C@@H](O)[C@H](O)[C@H]3O)cc(OC)c2C#N)cc1. The van der Waals surface area contributed by atoms with Gasteiger partial charge in [-0.05, 0) is 41.7 Å². The molecule has 5 atom stereocenters. The fourth-order valence-corrected chi connectivity index (χ4v) is 3.81. The zero-order valence-corrected chi connectivity index (χ0v) is 17.4. The van der Waals surface area contributed by atoms with Crippen molar-refractivity contribution in [2.75, 3.05) is 13.7 Å². The van der Waals surface area contributed by atoms with Crippen LogP contribution in [0.3, 0.4) is 0 Å². The number of aryl methyl sites for hydroxylation is 1. The molecule has 8 nitrogen and oxygen atoms in total. The van der Waals surface area contributed by atoms with Crippen molar-refractivity contribution in [1.29, 1.82) is 5.26 Å². The maximum absolute atomic E-state index is 11.2. The number of ether oxygens (including phenoxy) is 2. The van der Waals surface area contributed by atoms with Gasteiger partial charge in [-0.1, -0.05) is 31.2 Å². The van der Waals surface area contributed by atoms with E-state index in [1.807, 2.05) is 24.3 Å². The monoisotopic (exact) mass is 429 g/mol. The number of aliphatic hydroxyl groups excluding tert-OH is 4. The number of rotatable bonds is 6. The van der Waals surface area contributed by atoms with E-state index in [-0.39, 0.29) is 16.9 Å². The normalized spacial score (nSPS) is 28.2. The fraction of sp³-hybridized carbons (Fsp3) is 0.435. The predicted octanol–water partition coefficient (Wildman–Crippen LogP) is 0.339. The summed E-state index contributed by atoms with van der Waals surface area (Å²) in [6, 6.07) is 12.8. The number of hydrogen-bond acceptors (Lipinski definition) is 8. The molecule has 0 radical (unpaired) electrons. The quantitative estimate of drug-likeness (QED) is 0.442. The second kappa shape index (κ2) is 9.32. The van der Waals surface area contributed by atoms with E-state index in [0.717, 1.165) is 12.0 Å². The average molecular weight is 429 g/mol. The van der Waals surface area contributed by atoms with Crippen LogP contribution < -0.4 is 4.74 Å². The van der Waals surface area contributed by atoms with E-state index in [9.17, 15) is 30.8 Å². The Morgan fingerprint density at radius 1 is 1.10 bits per heavy atom. The summed E-state index contributed by atoms with van der Waals surface area (Å²) >= 11 is 0. The molecule has 1 aliphatic rings. The highest BCUT2D eigenvalue weighted by atomic mass is 16.7. The minimum absolute atomic E-state index is 0.0282. The zero-order valence-electron chi connectivity index (χ0n) is 17.4. The first-order valence-corrected chi connectivity index (χ1v) is 10.0. The summed E-state index contributed by atoms with van der Waals surface area (Å²) in [7, 11) is 1.37. The molecular formula is C23H27NO7. The second-order valence-electron chi connectivity index (χ2n) is 7.63. The van der Waals surface area contributed by atoms with Gasteiger partial charge in [-0.2, -0.15) is 5.26 Å². The fourth-order valence-electron chi connectivity index (χ4n) is 3.81. The maximum atomic E-state index is 11.2. The van der Waals surface area contributed by atoms with Crippen LogP contribution in [0.4, 0.5) is 0 Å². The number of benzene rings is 2. The van der Waals surface area contributed by atoms with Crippen LogP contribution in [0.2, 0.25) is 0 Å². The Morgan fingerprint density at radius 2 is 1.74 bits per heavy atom. The van der Waals surface area contributed by atoms with Gasteiger partial charge in [0.25, 0.3) is 0 Å². The molecule has 0 bridgehead atoms. The number of nitriles is 1. The summed E-state index contributed by atoms with van der Waals surface area (Å²) in [5.74, 6) is -2.28. The number of nitrogens with zero attached hydrogens (tertiary/aromatic N) is 1. The molecule has 0 amide bonds. The van der Waals surface area contributed by atoms with Gasteiger partial charge in [-0.3, -0.25) is 0 Å². The molecule has 0 aromatic heterocycles. The van der Waals surface area contributed by atoms with E-state index >= 15 is 0 Å². The van der Waals surface area contributed by atoms with Crippen LogP contribution in [0.25, 0.3) is 0 Å². The van der Waals surface area contributed by atoms with Crippen molar-refractivity contribution in [3.63, 3.8) is 0 Å². The van der Waals surface area contributed by atoms with E-state index < -0.39 is 36.8 Å². The van der Waals surface area contributed by atoms with E-state index in [1.54, 1.807) is 0 Å². The van der Waals surface area contributed by atoms with Crippen LogP contribution in [0.1, 0.15) is 34.7 Å². The number of methoxy groups -OCH3 is 1. The first-order valence-electron chi connectivity index (χ1n) is 10.0. The first kappa shape index (κ1) is 23.2. The van der Waals surface area contributed by atoms with Gasteiger partial charge in [0.15, 0.2) is 0 Å². The van der Waals surface area contributed by atoms with Crippen LogP contribution in [-0.2, 0) is 23.4 Å². The lowest BCUT2D eigenvalue weighted by atomic mass is 9.86. The molecule has 0 spiro atoms. The van der Waals surface area contributed by atoms with Crippen LogP contribution in [0.15, 0.2) is 36.4 Å². The Kier molecular flexibility index (Phi) is 6.96. The van der Waals surface area contributed by atoms with E-state index in [4.69, 9.17) is 9.47 Å². The van der Waals surface area contributed by atoms with Gasteiger partial charge in [0.2, 0.25) is 5.79 Å². The molecule has 1 fully saturated rings. The standard InChI is InChI=1S/C23H27NO7/c1-3-13-4-6-14(7-5-13)8-15-9-16(10-18(30-2)17(15)11-24)23(29)22(28)21(27)20(26)19(12-25)31-23/h4-7,9-10,19-22,25-29H,3,8,12H2,1-2H3/t19-,20-,21+,22-,23+/m1/s1. The Bertz CT molecular complexity index is 954. The van der Waals surface area contributed by atoms with Gasteiger partial charge >= 0.3 is 0 Å². The van der Waals surface area contributed by atoms with Crippen molar-refractivity contribution >= 4 is 0 Å².